The fourth-order valence-electron chi connectivity index (χ4n) is 2.74. The van der Waals surface area contributed by atoms with Gasteiger partial charge in [-0.3, -0.25) is 9.69 Å². The number of nitrogens with one attached hydrogen (secondary N) is 1. The predicted molar refractivity (Wildman–Crippen MR) is 87.3 cm³/mol. The van der Waals surface area contributed by atoms with Crippen molar-refractivity contribution >= 4 is 17.9 Å². The first kappa shape index (κ1) is 18.3. The number of unbranched alkanes of at least 4 members (excludes halogenated alkanes) is 2. The van der Waals surface area contributed by atoms with Gasteiger partial charge in [0, 0.05) is 13.1 Å². The molecule has 22 heavy (non-hydrogen) atoms. The Bertz CT molecular complexity index is 414. The molecule has 0 aromatic heterocycles. The summed E-state index contributed by atoms with van der Waals surface area (Å²) in [5.41, 5.74) is 10.3. The monoisotopic (exact) mass is 311 g/mol. The van der Waals surface area contributed by atoms with Gasteiger partial charge in [-0.25, -0.2) is 9.79 Å². The van der Waals surface area contributed by atoms with E-state index < -0.39 is 11.6 Å². The van der Waals surface area contributed by atoms with Gasteiger partial charge >= 0.3 is 6.03 Å². The standard InChI is InChI=1S/C15H29N5O2/c1-3-5-8-15(9-6-4-2)12(21)20(13(16)19-15)11-7-10-18-14(17)22/h3-11H2,1-2H3,(H2,16,19)(H3,17,18,22). The number of guanidine groups is 1. The molecule has 0 aromatic carbocycles. The van der Waals surface area contributed by atoms with Crippen molar-refractivity contribution in [3.8, 4) is 0 Å². The highest BCUT2D eigenvalue weighted by atomic mass is 16.2. The number of nitrogens with two attached hydrogens (primary N) is 2. The van der Waals surface area contributed by atoms with Gasteiger partial charge in [-0.1, -0.05) is 39.5 Å². The molecule has 1 heterocycles. The zero-order valence-electron chi connectivity index (χ0n) is 13.7. The van der Waals surface area contributed by atoms with Crippen LogP contribution < -0.4 is 16.8 Å². The molecule has 0 unspecified atom stereocenters. The Hall–Kier alpha value is -1.79. The van der Waals surface area contributed by atoms with Gasteiger partial charge in [-0.2, -0.15) is 0 Å². The number of carbonyl (C=O) groups is 2. The minimum Gasteiger partial charge on any atom is -0.369 e. The Labute approximate surface area is 132 Å². The van der Waals surface area contributed by atoms with Crippen molar-refractivity contribution in [1.29, 1.82) is 0 Å². The maximum Gasteiger partial charge on any atom is 0.312 e. The predicted octanol–water partition coefficient (Wildman–Crippen LogP) is 1.32. The van der Waals surface area contributed by atoms with Crippen molar-refractivity contribution in [3.63, 3.8) is 0 Å². The van der Waals surface area contributed by atoms with Crippen LogP contribution in [0.5, 0.6) is 0 Å². The largest absolute Gasteiger partial charge is 0.369 e. The van der Waals surface area contributed by atoms with Crippen LogP contribution in [0.15, 0.2) is 4.99 Å². The summed E-state index contributed by atoms with van der Waals surface area (Å²) in [6.07, 6.45) is 6.07. The Morgan fingerprint density at radius 3 is 2.32 bits per heavy atom. The molecule has 0 aromatic rings. The molecule has 0 saturated heterocycles. The second kappa shape index (κ2) is 8.60. The zero-order chi connectivity index (χ0) is 16.6. The normalized spacial score (nSPS) is 16.7. The van der Waals surface area contributed by atoms with Crippen LogP contribution >= 0.6 is 0 Å². The van der Waals surface area contributed by atoms with E-state index in [-0.39, 0.29) is 5.91 Å². The molecule has 0 aliphatic carbocycles. The number of carbonyl (C=O) groups excluding carboxylic acids is 2. The number of nitrogens with zero attached hydrogens (tertiary/aromatic N) is 2. The highest BCUT2D eigenvalue weighted by molar-refractivity contribution is 6.06. The number of primary amides is 1. The van der Waals surface area contributed by atoms with Gasteiger partial charge in [-0.05, 0) is 19.3 Å². The molecule has 5 N–H and O–H groups in total. The average molecular weight is 311 g/mol. The molecule has 1 aliphatic rings. The fraction of sp³-hybridized carbons (Fsp3) is 0.800. The quantitative estimate of drug-likeness (QED) is 0.529. The number of urea groups is 1. The summed E-state index contributed by atoms with van der Waals surface area (Å²) >= 11 is 0. The lowest BCUT2D eigenvalue weighted by Gasteiger charge is -2.26. The lowest BCUT2D eigenvalue weighted by molar-refractivity contribution is -0.131. The summed E-state index contributed by atoms with van der Waals surface area (Å²) in [5, 5.41) is 2.51. The number of aliphatic imine (C=N–C) groups is 1. The summed E-state index contributed by atoms with van der Waals surface area (Å²) in [6, 6.07) is -0.561. The molecule has 7 heteroatoms. The molecule has 7 nitrogen and oxygen atoms in total. The van der Waals surface area contributed by atoms with Crippen LogP contribution in [0.25, 0.3) is 0 Å². The number of hydrogen-bond donors (Lipinski definition) is 3. The third kappa shape index (κ3) is 4.61. The van der Waals surface area contributed by atoms with Crippen LogP contribution in [-0.4, -0.2) is 41.4 Å². The first-order valence-electron chi connectivity index (χ1n) is 8.17. The van der Waals surface area contributed by atoms with Gasteiger partial charge in [0.25, 0.3) is 5.91 Å². The van der Waals surface area contributed by atoms with Crippen molar-refractivity contribution in [2.24, 2.45) is 16.5 Å². The summed E-state index contributed by atoms with van der Waals surface area (Å²) in [4.78, 5) is 29.5. The molecular weight excluding hydrogens is 282 g/mol. The van der Waals surface area contributed by atoms with Crippen molar-refractivity contribution in [3.05, 3.63) is 0 Å². The Kier molecular flexibility index (Phi) is 7.14. The number of hydrogen-bond acceptors (Lipinski definition) is 4. The van der Waals surface area contributed by atoms with E-state index in [1.54, 1.807) is 4.90 Å². The van der Waals surface area contributed by atoms with Crippen molar-refractivity contribution in [2.45, 2.75) is 64.3 Å². The Morgan fingerprint density at radius 2 is 1.82 bits per heavy atom. The highest BCUT2D eigenvalue weighted by Crippen LogP contribution is 2.32. The summed E-state index contributed by atoms with van der Waals surface area (Å²) in [5.74, 6) is 0.308. The van der Waals surface area contributed by atoms with Gasteiger partial charge in [-0.15, -0.1) is 0 Å². The molecule has 126 valence electrons. The molecule has 3 amide bonds. The van der Waals surface area contributed by atoms with Gasteiger partial charge in [0.05, 0.1) is 0 Å². The van der Waals surface area contributed by atoms with Crippen LogP contribution in [0.4, 0.5) is 4.79 Å². The second-order valence-electron chi connectivity index (χ2n) is 5.81. The Balaban J connectivity index is 2.68. The highest BCUT2D eigenvalue weighted by Gasteiger charge is 2.46. The summed E-state index contributed by atoms with van der Waals surface area (Å²) in [7, 11) is 0. The lowest BCUT2D eigenvalue weighted by Crippen LogP contribution is -2.45. The van der Waals surface area contributed by atoms with E-state index in [1.165, 1.54) is 0 Å². The lowest BCUT2D eigenvalue weighted by atomic mass is 9.87. The molecule has 0 spiro atoms. The molecule has 0 radical (unpaired) electrons. The van der Waals surface area contributed by atoms with Gasteiger partial charge < -0.3 is 16.8 Å². The smallest absolute Gasteiger partial charge is 0.312 e. The van der Waals surface area contributed by atoms with Gasteiger partial charge in [0.2, 0.25) is 0 Å². The third-order valence-corrected chi connectivity index (χ3v) is 3.99. The molecular formula is C15H29N5O2. The minimum absolute atomic E-state index is 0.00553. The minimum atomic E-state index is -0.673. The molecule has 0 saturated carbocycles. The molecule has 0 bridgehead atoms. The molecule has 1 aliphatic heterocycles. The van der Waals surface area contributed by atoms with E-state index in [4.69, 9.17) is 11.5 Å². The van der Waals surface area contributed by atoms with Crippen LogP contribution in [-0.2, 0) is 4.79 Å². The first-order valence-corrected chi connectivity index (χ1v) is 8.17. The molecule has 0 atom stereocenters. The van der Waals surface area contributed by atoms with E-state index in [0.717, 1.165) is 38.5 Å². The summed E-state index contributed by atoms with van der Waals surface area (Å²) < 4.78 is 0. The van der Waals surface area contributed by atoms with Gasteiger partial charge in [0.15, 0.2) is 5.96 Å². The van der Waals surface area contributed by atoms with Crippen molar-refractivity contribution in [2.75, 3.05) is 13.1 Å². The van der Waals surface area contributed by atoms with Gasteiger partial charge in [0.1, 0.15) is 5.54 Å². The van der Waals surface area contributed by atoms with Crippen LogP contribution in [0.3, 0.4) is 0 Å². The van der Waals surface area contributed by atoms with E-state index >= 15 is 0 Å². The average Bonchev–Trinajstić information content (AvgIpc) is 2.71. The maximum absolute atomic E-state index is 12.8. The van der Waals surface area contributed by atoms with Crippen LogP contribution in [0.2, 0.25) is 0 Å². The third-order valence-electron chi connectivity index (χ3n) is 3.99. The number of rotatable bonds is 10. The summed E-state index contributed by atoms with van der Waals surface area (Å²) in [6.45, 7) is 5.08. The first-order chi connectivity index (χ1) is 10.5. The van der Waals surface area contributed by atoms with E-state index in [1.807, 2.05) is 0 Å². The van der Waals surface area contributed by atoms with E-state index in [9.17, 15) is 9.59 Å². The Morgan fingerprint density at radius 1 is 1.23 bits per heavy atom. The fourth-order valence-corrected chi connectivity index (χ4v) is 2.74. The number of amides is 3. The van der Waals surface area contributed by atoms with Crippen molar-refractivity contribution < 1.29 is 9.59 Å². The maximum atomic E-state index is 12.8. The zero-order valence-corrected chi connectivity index (χ0v) is 13.7. The SMILES string of the molecule is CCCCC1(CCCC)N=C(N)N(CCCNC(N)=O)C1=O. The molecule has 1 rings (SSSR count). The van der Waals surface area contributed by atoms with Crippen LogP contribution in [0, 0.1) is 0 Å². The topological polar surface area (TPSA) is 114 Å². The van der Waals surface area contributed by atoms with Crippen LogP contribution in [0.1, 0.15) is 58.8 Å². The van der Waals surface area contributed by atoms with Crippen molar-refractivity contribution in [1.82, 2.24) is 10.2 Å². The van der Waals surface area contributed by atoms with E-state index in [0.29, 0.717) is 25.5 Å². The molecule has 0 fully saturated rings. The second-order valence-corrected chi connectivity index (χ2v) is 5.81. The van der Waals surface area contributed by atoms with E-state index in [2.05, 4.69) is 24.2 Å².